The van der Waals surface area contributed by atoms with Gasteiger partial charge in [0, 0.05) is 12.8 Å². The van der Waals surface area contributed by atoms with Gasteiger partial charge in [-0.3, -0.25) is 23.4 Å². The molecule has 0 spiro atoms. The average molecular weight is 828 g/mol. The Balaban J connectivity index is 4.61. The fourth-order valence-corrected chi connectivity index (χ4v) is 5.33. The largest absolute Gasteiger partial charge is 0.480 e. The molecule has 0 amide bonds. The minimum atomic E-state index is -4.75. The highest BCUT2D eigenvalue weighted by molar-refractivity contribution is 7.47. The van der Waals surface area contributed by atoms with Crippen molar-refractivity contribution < 1.29 is 47.5 Å². The molecule has 0 saturated heterocycles. The Kier molecular flexibility index (Phi) is 36.9. The maximum Gasteiger partial charge on any atom is 0.472 e. The van der Waals surface area contributed by atoms with Crippen molar-refractivity contribution in [2.45, 2.75) is 129 Å². The zero-order valence-electron chi connectivity index (χ0n) is 34.8. The van der Waals surface area contributed by atoms with Gasteiger partial charge in [-0.05, 0) is 89.9 Å². The van der Waals surface area contributed by atoms with Gasteiger partial charge in [0.1, 0.15) is 12.6 Å². The van der Waals surface area contributed by atoms with Crippen LogP contribution in [0, 0.1) is 0 Å². The maximum atomic E-state index is 12.6. The summed E-state index contributed by atoms with van der Waals surface area (Å²) < 4.78 is 32.5. The summed E-state index contributed by atoms with van der Waals surface area (Å²) in [5.41, 5.74) is 5.32. The summed E-state index contributed by atoms with van der Waals surface area (Å²) in [5.74, 6) is -2.56. The second-order valence-electron chi connectivity index (χ2n) is 13.0. The van der Waals surface area contributed by atoms with Crippen LogP contribution in [0.3, 0.4) is 0 Å². The van der Waals surface area contributed by atoms with Crippen LogP contribution < -0.4 is 5.73 Å². The molecular formula is C46H70NO10P. The Labute approximate surface area is 348 Å². The molecule has 0 bridgehead atoms. The van der Waals surface area contributed by atoms with Crippen LogP contribution in [0.2, 0.25) is 0 Å². The molecule has 0 aliphatic rings. The van der Waals surface area contributed by atoms with Crippen LogP contribution in [0.15, 0.2) is 122 Å². The molecule has 1 unspecified atom stereocenters. The number of hydrogen-bond acceptors (Lipinski definition) is 9. The summed E-state index contributed by atoms with van der Waals surface area (Å²) in [6.45, 7) is 2.42. The number of allylic oxidation sites excluding steroid dienone is 20. The molecule has 0 aliphatic carbocycles. The van der Waals surface area contributed by atoms with Crippen LogP contribution in [0.25, 0.3) is 0 Å². The molecule has 0 aliphatic heterocycles. The second kappa shape index (κ2) is 39.7. The lowest BCUT2D eigenvalue weighted by Gasteiger charge is -2.20. The van der Waals surface area contributed by atoms with E-state index in [1.54, 1.807) is 0 Å². The molecule has 324 valence electrons. The third kappa shape index (κ3) is 38.7. The van der Waals surface area contributed by atoms with Crippen molar-refractivity contribution in [3.05, 3.63) is 122 Å². The molecular weight excluding hydrogens is 757 g/mol. The van der Waals surface area contributed by atoms with E-state index >= 15 is 0 Å². The van der Waals surface area contributed by atoms with Crippen LogP contribution in [0.5, 0.6) is 0 Å². The van der Waals surface area contributed by atoms with Crippen LogP contribution >= 0.6 is 7.82 Å². The lowest BCUT2D eigenvalue weighted by molar-refractivity contribution is -0.161. The highest BCUT2D eigenvalue weighted by Crippen LogP contribution is 2.43. The van der Waals surface area contributed by atoms with E-state index in [1.807, 2.05) is 12.2 Å². The van der Waals surface area contributed by atoms with Gasteiger partial charge in [0.05, 0.1) is 13.2 Å². The maximum absolute atomic E-state index is 12.6. The summed E-state index contributed by atoms with van der Waals surface area (Å²) >= 11 is 0. The monoisotopic (exact) mass is 827 g/mol. The predicted octanol–water partition coefficient (Wildman–Crippen LogP) is 10.8. The zero-order chi connectivity index (χ0) is 42.8. The number of phosphoric ester groups is 1. The standard InChI is InChI=1S/C46H70NO10P/c1-3-5-7-9-11-13-15-17-19-20-21-22-24-25-27-29-31-33-35-37-44(48)54-39-42(40-55-58(52,53)56-41-43(47)46(50)51)57-45(49)38-36-34-32-30-28-26-23-18-16-14-12-10-8-6-4-2/h5-8,11-14,17-19,21-23,25,27-28,30-31,33,42-43H,3-4,9-10,15-16,20,24,26,29,32,34-41,47H2,1-2H3,(H,50,51)(H,52,53)/b7-5+,8-6+,13-11+,14-12+,19-17+,22-21+,23-18+,27-25+,30-28+,33-31+/t42-,43+/m1/s1. The van der Waals surface area contributed by atoms with Gasteiger partial charge < -0.3 is 25.2 Å². The minimum Gasteiger partial charge on any atom is -0.480 e. The summed E-state index contributed by atoms with van der Waals surface area (Å²) in [5, 5.41) is 8.88. The second-order valence-corrected chi connectivity index (χ2v) is 14.5. The first-order valence-corrected chi connectivity index (χ1v) is 22.1. The SMILES string of the molecule is CC/C=C/C/C=C/C/C=C/C/C=C/C/C=C/C/C=C/CCC(=O)OC[C@H](COP(=O)(O)OC[C@H](N)C(=O)O)OC(=O)CCCC/C=C/C/C=C/C/C=C/C/C=C/CC. The van der Waals surface area contributed by atoms with Crippen molar-refractivity contribution >= 4 is 25.7 Å². The van der Waals surface area contributed by atoms with Crippen LogP contribution in [0.1, 0.15) is 117 Å². The Hall–Kier alpha value is -4.12. The van der Waals surface area contributed by atoms with Crippen molar-refractivity contribution in [2.75, 3.05) is 19.8 Å². The molecule has 11 nitrogen and oxygen atoms in total. The van der Waals surface area contributed by atoms with Gasteiger partial charge in [0.15, 0.2) is 6.10 Å². The molecule has 0 aromatic carbocycles. The molecule has 0 aromatic rings. The van der Waals surface area contributed by atoms with Gasteiger partial charge in [-0.1, -0.05) is 135 Å². The van der Waals surface area contributed by atoms with E-state index < -0.39 is 57.7 Å². The van der Waals surface area contributed by atoms with E-state index in [-0.39, 0.29) is 12.8 Å². The molecule has 3 atom stereocenters. The Morgan fingerprint density at radius 2 is 0.931 bits per heavy atom. The fourth-order valence-electron chi connectivity index (χ4n) is 4.55. The first-order chi connectivity index (χ1) is 28.1. The Morgan fingerprint density at radius 1 is 0.534 bits per heavy atom. The smallest absolute Gasteiger partial charge is 0.472 e. The van der Waals surface area contributed by atoms with E-state index in [0.717, 1.165) is 77.0 Å². The lowest BCUT2D eigenvalue weighted by atomic mass is 10.2. The highest BCUT2D eigenvalue weighted by Gasteiger charge is 2.28. The number of carboxylic acid groups (broad SMARTS) is 1. The molecule has 0 radical (unpaired) electrons. The highest BCUT2D eigenvalue weighted by atomic mass is 31.2. The minimum absolute atomic E-state index is 0.0790. The Bertz CT molecular complexity index is 1440. The number of carbonyl (C=O) groups excluding carboxylic acids is 2. The number of phosphoric acid groups is 1. The van der Waals surface area contributed by atoms with Gasteiger partial charge in [-0.15, -0.1) is 0 Å². The topological polar surface area (TPSA) is 172 Å². The van der Waals surface area contributed by atoms with Crippen molar-refractivity contribution in [1.29, 1.82) is 0 Å². The number of nitrogens with two attached hydrogens (primary N) is 1. The van der Waals surface area contributed by atoms with Gasteiger partial charge in [-0.25, -0.2) is 4.57 Å². The molecule has 0 fully saturated rings. The van der Waals surface area contributed by atoms with Crippen LogP contribution in [0.4, 0.5) is 0 Å². The number of carbonyl (C=O) groups is 3. The summed E-state index contributed by atoms with van der Waals surface area (Å²) in [6.07, 6.45) is 52.9. The predicted molar refractivity (Wildman–Crippen MR) is 235 cm³/mol. The number of rotatable bonds is 36. The van der Waals surface area contributed by atoms with Gasteiger partial charge in [-0.2, -0.15) is 0 Å². The summed E-state index contributed by atoms with van der Waals surface area (Å²) in [4.78, 5) is 45.8. The lowest BCUT2D eigenvalue weighted by Crippen LogP contribution is -2.34. The molecule has 0 aromatic heterocycles. The third-order valence-corrected chi connectivity index (χ3v) is 8.67. The summed E-state index contributed by atoms with van der Waals surface area (Å²) in [7, 11) is -4.75. The first-order valence-electron chi connectivity index (χ1n) is 20.6. The number of esters is 2. The van der Waals surface area contributed by atoms with Crippen molar-refractivity contribution in [3.8, 4) is 0 Å². The van der Waals surface area contributed by atoms with E-state index in [0.29, 0.717) is 12.8 Å². The quantitative estimate of drug-likeness (QED) is 0.0237. The molecule has 0 saturated carbocycles. The van der Waals surface area contributed by atoms with Crippen molar-refractivity contribution in [3.63, 3.8) is 0 Å². The normalized spacial score (nSPS) is 15.0. The average Bonchev–Trinajstić information content (AvgIpc) is 3.20. The summed E-state index contributed by atoms with van der Waals surface area (Å²) in [6, 6.07) is -1.54. The molecule has 58 heavy (non-hydrogen) atoms. The zero-order valence-corrected chi connectivity index (χ0v) is 35.7. The third-order valence-electron chi connectivity index (χ3n) is 7.72. The molecule has 0 rings (SSSR count). The van der Waals surface area contributed by atoms with Crippen molar-refractivity contribution in [1.82, 2.24) is 0 Å². The number of aliphatic carboxylic acids is 1. The molecule has 0 heterocycles. The number of unbranched alkanes of at least 4 members (excludes halogenated alkanes) is 2. The van der Waals surface area contributed by atoms with E-state index in [1.165, 1.54) is 0 Å². The Morgan fingerprint density at radius 3 is 1.36 bits per heavy atom. The van der Waals surface area contributed by atoms with Crippen LogP contribution in [-0.2, 0) is 37.5 Å². The number of ether oxygens (including phenoxy) is 2. The van der Waals surface area contributed by atoms with Crippen molar-refractivity contribution in [2.24, 2.45) is 5.73 Å². The van der Waals surface area contributed by atoms with Crippen LogP contribution in [-0.4, -0.2) is 59.9 Å². The van der Waals surface area contributed by atoms with Gasteiger partial charge >= 0.3 is 25.7 Å². The van der Waals surface area contributed by atoms with Gasteiger partial charge in [0.2, 0.25) is 0 Å². The number of hydrogen-bond donors (Lipinski definition) is 3. The fraction of sp³-hybridized carbons (Fsp3) is 0.500. The van der Waals surface area contributed by atoms with E-state index in [2.05, 4.69) is 128 Å². The van der Waals surface area contributed by atoms with E-state index in [4.69, 9.17) is 24.8 Å². The molecule has 4 N–H and O–H groups in total. The van der Waals surface area contributed by atoms with E-state index in [9.17, 15) is 23.8 Å². The molecule has 12 heteroatoms. The first kappa shape index (κ1) is 53.9. The number of carboxylic acids is 1. The van der Waals surface area contributed by atoms with Gasteiger partial charge in [0.25, 0.3) is 0 Å².